The molecule has 0 radical (unpaired) electrons. The lowest BCUT2D eigenvalue weighted by Crippen LogP contribution is -2.09. The average molecular weight is 492 g/mol. The van der Waals surface area contributed by atoms with Crippen LogP contribution in [0.5, 0.6) is 5.75 Å². The maximum absolute atomic E-state index is 12.9. The molecule has 4 rings (SSSR count). The van der Waals surface area contributed by atoms with Crippen LogP contribution < -0.4 is 10.1 Å². The molecule has 1 amide bonds. The second-order valence-electron chi connectivity index (χ2n) is 7.86. The van der Waals surface area contributed by atoms with Crippen molar-refractivity contribution in [3.63, 3.8) is 0 Å². The average Bonchev–Trinajstić information content (AvgIpc) is 3.26. The summed E-state index contributed by atoms with van der Waals surface area (Å²) >= 11 is 7.67. The van der Waals surface area contributed by atoms with Crippen LogP contribution in [0.1, 0.15) is 25.0 Å². The van der Waals surface area contributed by atoms with Crippen molar-refractivity contribution in [3.8, 4) is 16.9 Å². The Labute approximate surface area is 209 Å². The predicted octanol–water partition coefficient (Wildman–Crippen LogP) is 8.22. The standard InChI is InChI=1S/C28H26ClNO3S/c1-5-32-27-18(3)28-22(23(16-33-28)19-10-12-20(29)13-11-19)15-21(27)17(2)14-26(31)30-24-8-6-7-9-25(24)34-4/h6-16H,5H2,1-4H3,(H,30,31)/b17-14+. The largest absolute Gasteiger partial charge is 0.493 e. The molecule has 0 bridgehead atoms. The zero-order valence-electron chi connectivity index (χ0n) is 19.6. The number of carbonyl (C=O) groups is 1. The summed E-state index contributed by atoms with van der Waals surface area (Å²) in [6.45, 7) is 6.35. The highest BCUT2D eigenvalue weighted by atomic mass is 35.5. The van der Waals surface area contributed by atoms with E-state index in [2.05, 4.69) is 5.32 Å². The molecule has 0 atom stereocenters. The van der Waals surface area contributed by atoms with Crippen LogP contribution in [-0.4, -0.2) is 18.8 Å². The summed E-state index contributed by atoms with van der Waals surface area (Å²) in [6.07, 6.45) is 5.36. The number of nitrogens with one attached hydrogen (secondary N) is 1. The molecular formula is C28H26ClNO3S. The summed E-state index contributed by atoms with van der Waals surface area (Å²) in [5.74, 6) is 0.530. The molecule has 1 aromatic heterocycles. The number of aryl methyl sites for hydroxylation is 1. The molecule has 34 heavy (non-hydrogen) atoms. The van der Waals surface area contributed by atoms with Gasteiger partial charge in [0.05, 0.1) is 18.6 Å². The smallest absolute Gasteiger partial charge is 0.248 e. The van der Waals surface area contributed by atoms with Gasteiger partial charge in [-0.25, -0.2) is 0 Å². The maximum Gasteiger partial charge on any atom is 0.248 e. The Morgan fingerprint density at radius 3 is 2.62 bits per heavy atom. The number of hydrogen-bond donors (Lipinski definition) is 1. The lowest BCUT2D eigenvalue weighted by Gasteiger charge is -2.15. The predicted molar refractivity (Wildman–Crippen MR) is 143 cm³/mol. The fourth-order valence-electron chi connectivity index (χ4n) is 3.98. The quantitative estimate of drug-likeness (QED) is 0.209. The van der Waals surface area contributed by atoms with Gasteiger partial charge in [-0.1, -0.05) is 35.9 Å². The molecule has 0 aliphatic rings. The SMILES string of the molecule is CCOc1c(/C(C)=C/C(=O)Nc2ccccc2SC)cc2c(-c3ccc(Cl)cc3)coc2c1C. The number of rotatable bonds is 7. The Balaban J connectivity index is 1.77. The van der Waals surface area contributed by atoms with E-state index in [9.17, 15) is 4.79 Å². The van der Waals surface area contributed by atoms with Crippen LogP contribution in [0.3, 0.4) is 0 Å². The molecule has 0 saturated heterocycles. The van der Waals surface area contributed by atoms with Crippen molar-refractivity contribution in [2.24, 2.45) is 0 Å². The normalized spacial score (nSPS) is 11.6. The van der Waals surface area contributed by atoms with Gasteiger partial charge < -0.3 is 14.5 Å². The van der Waals surface area contributed by atoms with E-state index in [1.807, 2.05) is 81.6 Å². The molecule has 1 heterocycles. The van der Waals surface area contributed by atoms with Crippen molar-refractivity contribution >= 4 is 51.5 Å². The van der Waals surface area contributed by atoms with Crippen LogP contribution >= 0.6 is 23.4 Å². The molecule has 4 aromatic rings. The first-order valence-corrected chi connectivity index (χ1v) is 12.6. The lowest BCUT2D eigenvalue weighted by atomic mass is 9.96. The number of ether oxygens (including phenoxy) is 1. The lowest BCUT2D eigenvalue weighted by molar-refractivity contribution is -0.111. The summed E-state index contributed by atoms with van der Waals surface area (Å²) in [7, 11) is 0. The number of hydrogen-bond acceptors (Lipinski definition) is 4. The number of benzene rings is 3. The molecule has 0 aliphatic heterocycles. The molecule has 0 spiro atoms. The highest BCUT2D eigenvalue weighted by Gasteiger charge is 2.19. The first-order valence-electron chi connectivity index (χ1n) is 11.0. The number of anilines is 1. The van der Waals surface area contributed by atoms with Gasteiger partial charge in [0.2, 0.25) is 5.91 Å². The Morgan fingerprint density at radius 1 is 1.18 bits per heavy atom. The number of halogens is 1. The van der Waals surface area contributed by atoms with E-state index in [1.54, 1.807) is 24.1 Å². The molecular weight excluding hydrogens is 466 g/mol. The van der Waals surface area contributed by atoms with Gasteiger partial charge in [-0.05, 0) is 68.5 Å². The minimum absolute atomic E-state index is 0.190. The van der Waals surface area contributed by atoms with E-state index < -0.39 is 0 Å². The van der Waals surface area contributed by atoms with Crippen LogP contribution in [0.4, 0.5) is 5.69 Å². The molecule has 174 valence electrons. The van der Waals surface area contributed by atoms with E-state index in [1.165, 1.54) is 0 Å². The van der Waals surface area contributed by atoms with Crippen LogP contribution in [0.15, 0.2) is 76.2 Å². The van der Waals surface area contributed by atoms with E-state index in [0.29, 0.717) is 11.6 Å². The number of thioether (sulfide) groups is 1. The third-order valence-corrected chi connectivity index (χ3v) is 6.67. The zero-order chi connectivity index (χ0) is 24.2. The Bertz CT molecular complexity index is 1370. The molecule has 4 nitrogen and oxygen atoms in total. The van der Waals surface area contributed by atoms with Gasteiger partial charge in [0, 0.05) is 38.1 Å². The molecule has 1 N–H and O–H groups in total. The van der Waals surface area contributed by atoms with Crippen molar-refractivity contribution in [2.75, 3.05) is 18.2 Å². The summed E-state index contributed by atoms with van der Waals surface area (Å²) in [5.41, 5.74) is 6.09. The van der Waals surface area contributed by atoms with Crippen molar-refractivity contribution in [1.82, 2.24) is 0 Å². The topological polar surface area (TPSA) is 51.5 Å². The first-order chi connectivity index (χ1) is 16.4. The van der Waals surface area contributed by atoms with Gasteiger partial charge in [-0.3, -0.25) is 4.79 Å². The third-order valence-electron chi connectivity index (χ3n) is 5.63. The minimum atomic E-state index is -0.190. The molecule has 0 saturated carbocycles. The van der Waals surface area contributed by atoms with Gasteiger partial charge in [0.15, 0.2) is 0 Å². The summed E-state index contributed by atoms with van der Waals surface area (Å²) < 4.78 is 12.0. The van der Waals surface area contributed by atoms with Gasteiger partial charge in [0.1, 0.15) is 11.3 Å². The van der Waals surface area contributed by atoms with Crippen LogP contribution in [0, 0.1) is 6.92 Å². The van der Waals surface area contributed by atoms with Crippen LogP contribution in [0.2, 0.25) is 5.02 Å². The van der Waals surface area contributed by atoms with E-state index in [0.717, 1.165) is 55.1 Å². The molecule has 0 aliphatic carbocycles. The first kappa shape index (κ1) is 24.0. The van der Waals surface area contributed by atoms with Crippen LogP contribution in [0.25, 0.3) is 27.7 Å². The van der Waals surface area contributed by atoms with Gasteiger partial charge in [-0.15, -0.1) is 11.8 Å². The fraction of sp³-hybridized carbons (Fsp3) is 0.179. The monoisotopic (exact) mass is 491 g/mol. The van der Waals surface area contributed by atoms with Gasteiger partial charge >= 0.3 is 0 Å². The van der Waals surface area contributed by atoms with Gasteiger partial charge in [0.25, 0.3) is 0 Å². The summed E-state index contributed by atoms with van der Waals surface area (Å²) in [5, 5.41) is 4.63. The second-order valence-corrected chi connectivity index (χ2v) is 9.15. The fourth-order valence-corrected chi connectivity index (χ4v) is 4.66. The third kappa shape index (κ3) is 4.86. The van der Waals surface area contributed by atoms with E-state index in [4.69, 9.17) is 20.8 Å². The molecule has 6 heteroatoms. The Kier molecular flexibility index (Phi) is 7.35. The van der Waals surface area contributed by atoms with Crippen molar-refractivity contribution in [3.05, 3.63) is 83.1 Å². The van der Waals surface area contributed by atoms with Crippen molar-refractivity contribution in [1.29, 1.82) is 0 Å². The minimum Gasteiger partial charge on any atom is -0.493 e. The number of furan rings is 1. The number of para-hydroxylation sites is 1. The maximum atomic E-state index is 12.9. The Morgan fingerprint density at radius 2 is 1.91 bits per heavy atom. The van der Waals surface area contributed by atoms with Crippen LogP contribution in [-0.2, 0) is 4.79 Å². The Hall–Kier alpha value is -3.15. The van der Waals surface area contributed by atoms with E-state index >= 15 is 0 Å². The number of carbonyl (C=O) groups excluding carboxylic acids is 1. The number of amides is 1. The second kappa shape index (κ2) is 10.4. The summed E-state index contributed by atoms with van der Waals surface area (Å²) in [6, 6.07) is 17.5. The van der Waals surface area contributed by atoms with Crippen molar-refractivity contribution in [2.45, 2.75) is 25.7 Å². The highest BCUT2D eigenvalue weighted by molar-refractivity contribution is 7.98. The molecule has 0 unspecified atom stereocenters. The molecule has 3 aromatic carbocycles. The van der Waals surface area contributed by atoms with Crippen molar-refractivity contribution < 1.29 is 13.9 Å². The van der Waals surface area contributed by atoms with Gasteiger partial charge in [-0.2, -0.15) is 0 Å². The highest BCUT2D eigenvalue weighted by Crippen LogP contribution is 2.41. The number of allylic oxidation sites excluding steroid dienone is 1. The number of fused-ring (bicyclic) bond motifs is 1. The zero-order valence-corrected chi connectivity index (χ0v) is 21.1. The molecule has 0 fully saturated rings. The van der Waals surface area contributed by atoms with E-state index in [-0.39, 0.29) is 5.91 Å². The summed E-state index contributed by atoms with van der Waals surface area (Å²) in [4.78, 5) is 13.9.